The molecule has 53 heavy (non-hydrogen) atoms. The molecule has 3 aliphatic rings. The van der Waals surface area contributed by atoms with Gasteiger partial charge >= 0.3 is 0 Å². The number of allylic oxidation sites excluding steroid dienone is 4. The van der Waals surface area contributed by atoms with Crippen molar-refractivity contribution < 1.29 is 0 Å². The van der Waals surface area contributed by atoms with Crippen molar-refractivity contribution in [2.45, 2.75) is 11.3 Å². The Hall–Kier alpha value is -6.64. The molecule has 0 N–H and O–H groups in total. The lowest BCUT2D eigenvalue weighted by Crippen LogP contribution is -2.27. The number of para-hydroxylation sites is 4. The van der Waals surface area contributed by atoms with E-state index in [-0.39, 0.29) is 5.92 Å². The molecule has 0 fully saturated rings. The lowest BCUT2D eigenvalue weighted by Gasteiger charge is -2.32. The molecular weight excluding hydrogens is 641 g/mol. The Morgan fingerprint density at radius 3 is 1.98 bits per heavy atom. The van der Waals surface area contributed by atoms with Crippen LogP contribution < -0.4 is 4.90 Å². The summed E-state index contributed by atoms with van der Waals surface area (Å²) in [5.41, 5.74) is 17.3. The lowest BCUT2D eigenvalue weighted by molar-refractivity contribution is 0.790. The smallest absolute Gasteiger partial charge is 0.0723 e. The fourth-order valence-electron chi connectivity index (χ4n) is 9.77. The largest absolute Gasteiger partial charge is 0.337 e. The van der Waals surface area contributed by atoms with Crippen molar-refractivity contribution in [1.29, 1.82) is 0 Å². The molecule has 0 bridgehead atoms. The Morgan fingerprint density at radius 2 is 1.19 bits per heavy atom. The number of fused-ring (bicyclic) bond motifs is 14. The molecule has 0 saturated heterocycles. The molecule has 2 aliphatic carbocycles. The number of benzene rings is 7. The second-order valence-corrected chi connectivity index (χ2v) is 14.4. The molecule has 2 unspecified atom stereocenters. The van der Waals surface area contributed by atoms with Gasteiger partial charge in [-0.2, -0.15) is 0 Å². The van der Waals surface area contributed by atoms with Crippen LogP contribution in [0.5, 0.6) is 0 Å². The second kappa shape index (κ2) is 11.4. The molecule has 2 heteroatoms. The van der Waals surface area contributed by atoms with E-state index in [1.54, 1.807) is 0 Å². The van der Waals surface area contributed by atoms with E-state index in [9.17, 15) is 0 Å². The number of hydrogen-bond acceptors (Lipinski definition) is 1. The first kappa shape index (κ1) is 30.0. The summed E-state index contributed by atoms with van der Waals surface area (Å²) in [6.07, 6.45) is 7.13. The molecule has 0 saturated carbocycles. The van der Waals surface area contributed by atoms with Crippen LogP contribution in [0.4, 0.5) is 11.4 Å². The molecule has 1 aliphatic heterocycles. The summed E-state index contributed by atoms with van der Waals surface area (Å²) in [7, 11) is 0. The fraction of sp³-hybridized carbons (Fsp3) is 0.0588. The van der Waals surface area contributed by atoms with Gasteiger partial charge in [0.2, 0.25) is 0 Å². The van der Waals surface area contributed by atoms with E-state index in [4.69, 9.17) is 0 Å². The fourth-order valence-corrected chi connectivity index (χ4v) is 9.77. The van der Waals surface area contributed by atoms with E-state index in [1.807, 2.05) is 0 Å². The van der Waals surface area contributed by atoms with Crippen LogP contribution in [0.1, 0.15) is 33.7 Å². The van der Waals surface area contributed by atoms with Gasteiger partial charge < -0.3 is 9.47 Å². The van der Waals surface area contributed by atoms with Gasteiger partial charge in [0.05, 0.1) is 16.4 Å². The number of rotatable bonds is 3. The topological polar surface area (TPSA) is 8.17 Å². The predicted octanol–water partition coefficient (Wildman–Crippen LogP) is 12.5. The average Bonchev–Trinajstić information content (AvgIpc) is 3.82. The van der Waals surface area contributed by atoms with Gasteiger partial charge in [0.1, 0.15) is 0 Å². The third kappa shape index (κ3) is 4.09. The van der Waals surface area contributed by atoms with Gasteiger partial charge in [0.25, 0.3) is 0 Å². The normalized spacial score (nSPS) is 20.2. The van der Waals surface area contributed by atoms with Gasteiger partial charge in [-0.3, -0.25) is 0 Å². The maximum Gasteiger partial charge on any atom is 0.0723 e. The average molecular weight is 677 g/mol. The van der Waals surface area contributed by atoms with Gasteiger partial charge in [0.15, 0.2) is 0 Å². The molecule has 0 amide bonds. The Labute approximate surface area is 309 Å². The maximum absolute atomic E-state index is 4.42. The van der Waals surface area contributed by atoms with E-state index in [2.05, 4.69) is 204 Å². The quantitative estimate of drug-likeness (QED) is 0.169. The summed E-state index contributed by atoms with van der Waals surface area (Å²) >= 11 is 0. The highest BCUT2D eigenvalue weighted by Gasteiger charge is 2.53. The van der Waals surface area contributed by atoms with E-state index in [0.717, 1.165) is 6.54 Å². The first-order valence-corrected chi connectivity index (χ1v) is 18.6. The third-order valence-corrected chi connectivity index (χ3v) is 11.9. The minimum atomic E-state index is -0.509. The van der Waals surface area contributed by atoms with Crippen molar-refractivity contribution in [3.05, 3.63) is 228 Å². The van der Waals surface area contributed by atoms with E-state index in [1.165, 1.54) is 89.0 Å². The van der Waals surface area contributed by atoms with Crippen LogP contribution >= 0.6 is 0 Å². The molecule has 8 aromatic rings. The summed E-state index contributed by atoms with van der Waals surface area (Å²) in [5, 5.41) is 2.55. The van der Waals surface area contributed by atoms with Gasteiger partial charge in [-0.1, -0.05) is 140 Å². The molecule has 250 valence electrons. The van der Waals surface area contributed by atoms with Crippen LogP contribution in [0.15, 0.2) is 200 Å². The minimum absolute atomic E-state index is 0.0105. The zero-order valence-corrected chi connectivity index (χ0v) is 29.3. The van der Waals surface area contributed by atoms with Crippen molar-refractivity contribution in [2.75, 3.05) is 11.4 Å². The standard InChI is InChI=1S/C51H36N2/c1-2-34-31-41-38-22-9-13-25-44(38)51(46(41)29-30-52(35-17-5-3-6-18-35)48-27-15-11-21-37(34)48)45-26-14-10-23-39(45)42-32-43-40-24-12-16-28-49(40)53(50(43)33-47(42)51)36-19-7-4-8-20-36/h2-29,31-34H,1,30H2/b41-31-,46-29+. The third-order valence-electron chi connectivity index (χ3n) is 11.9. The van der Waals surface area contributed by atoms with Crippen LogP contribution in [-0.4, -0.2) is 11.1 Å². The maximum atomic E-state index is 4.42. The van der Waals surface area contributed by atoms with Gasteiger partial charge in [-0.05, 0) is 98.6 Å². The summed E-state index contributed by atoms with van der Waals surface area (Å²) in [6, 6.07) is 62.7. The van der Waals surface area contributed by atoms with Crippen LogP contribution in [0.2, 0.25) is 0 Å². The van der Waals surface area contributed by atoms with Gasteiger partial charge in [0, 0.05) is 40.3 Å². The molecule has 11 rings (SSSR count). The lowest BCUT2D eigenvalue weighted by atomic mass is 9.70. The van der Waals surface area contributed by atoms with Crippen LogP contribution in [0.3, 0.4) is 0 Å². The first-order chi connectivity index (χ1) is 26.3. The van der Waals surface area contributed by atoms with Crippen molar-refractivity contribution >= 4 is 38.8 Å². The van der Waals surface area contributed by atoms with Gasteiger partial charge in [-0.25, -0.2) is 0 Å². The molecule has 7 aromatic carbocycles. The van der Waals surface area contributed by atoms with Crippen molar-refractivity contribution in [3.63, 3.8) is 0 Å². The van der Waals surface area contributed by atoms with E-state index in [0.29, 0.717) is 0 Å². The van der Waals surface area contributed by atoms with Crippen molar-refractivity contribution in [1.82, 2.24) is 4.57 Å². The number of aromatic nitrogens is 1. The van der Waals surface area contributed by atoms with Gasteiger partial charge in [-0.15, -0.1) is 6.58 Å². The molecule has 2 atom stereocenters. The zero-order valence-electron chi connectivity index (χ0n) is 29.3. The van der Waals surface area contributed by atoms with Crippen LogP contribution in [0, 0.1) is 0 Å². The first-order valence-electron chi connectivity index (χ1n) is 18.6. The number of anilines is 2. The van der Waals surface area contributed by atoms with Crippen molar-refractivity contribution in [2.24, 2.45) is 0 Å². The Morgan fingerprint density at radius 1 is 0.547 bits per heavy atom. The molecule has 0 radical (unpaired) electrons. The minimum Gasteiger partial charge on any atom is -0.337 e. The molecule has 2 nitrogen and oxygen atoms in total. The summed E-state index contributed by atoms with van der Waals surface area (Å²) in [5.74, 6) is 0.0105. The van der Waals surface area contributed by atoms with E-state index < -0.39 is 5.41 Å². The highest BCUT2D eigenvalue weighted by molar-refractivity contribution is 6.13. The summed E-state index contributed by atoms with van der Waals surface area (Å²) in [4.78, 5) is 2.48. The predicted molar refractivity (Wildman–Crippen MR) is 221 cm³/mol. The number of nitrogens with zero attached hydrogens (tertiary/aromatic N) is 2. The second-order valence-electron chi connectivity index (χ2n) is 14.4. The van der Waals surface area contributed by atoms with Crippen LogP contribution in [0.25, 0.3) is 44.2 Å². The molecule has 1 aromatic heterocycles. The highest BCUT2D eigenvalue weighted by Crippen LogP contribution is 2.65. The zero-order chi connectivity index (χ0) is 35.1. The molecule has 1 spiro atoms. The Bertz CT molecular complexity index is 2840. The summed E-state index contributed by atoms with van der Waals surface area (Å²) < 4.78 is 2.46. The Kier molecular flexibility index (Phi) is 6.48. The SMILES string of the molecule is C=CC1/C=C2\C(=C/CN(c3ccccc3)c3ccccc31)C1(c3ccccc32)c2ccccc2-c2cc3c4ccccc4n(-c4ccccc4)c3cc21. The molecule has 2 heterocycles. The monoisotopic (exact) mass is 676 g/mol. The summed E-state index contributed by atoms with van der Waals surface area (Å²) in [6.45, 7) is 5.14. The molecular formula is C51H36N2. The Balaban J connectivity index is 1.27. The number of hydrogen-bond donors (Lipinski definition) is 0. The van der Waals surface area contributed by atoms with E-state index >= 15 is 0 Å². The highest BCUT2D eigenvalue weighted by atomic mass is 15.1. The van der Waals surface area contributed by atoms with Crippen LogP contribution in [-0.2, 0) is 5.41 Å². The van der Waals surface area contributed by atoms with Crippen molar-refractivity contribution in [3.8, 4) is 16.8 Å².